The summed E-state index contributed by atoms with van der Waals surface area (Å²) < 4.78 is 6.07. The molecule has 0 radical (unpaired) electrons. The Bertz CT molecular complexity index is 334. The largest absolute Gasteiger partial charge is 0.374 e. The second-order valence-electron chi connectivity index (χ2n) is 8.33. The Morgan fingerprint density at radius 3 is 2.45 bits per heavy atom. The maximum absolute atomic E-state index is 6.07. The van der Waals surface area contributed by atoms with Crippen LogP contribution in [0.3, 0.4) is 0 Å². The Kier molecular flexibility index (Phi) is 4.13. The first kappa shape index (κ1) is 14.8. The van der Waals surface area contributed by atoms with Gasteiger partial charge >= 0.3 is 0 Å². The molecule has 3 heteroatoms. The van der Waals surface area contributed by atoms with Crippen LogP contribution < -0.4 is 5.32 Å². The van der Waals surface area contributed by atoms with E-state index >= 15 is 0 Å². The highest BCUT2D eigenvalue weighted by atomic mass is 16.5. The van der Waals surface area contributed by atoms with Gasteiger partial charge < -0.3 is 10.1 Å². The summed E-state index contributed by atoms with van der Waals surface area (Å²) >= 11 is 0. The van der Waals surface area contributed by atoms with Gasteiger partial charge in [-0.1, -0.05) is 20.8 Å². The summed E-state index contributed by atoms with van der Waals surface area (Å²) in [6, 6.07) is 1.37. The van der Waals surface area contributed by atoms with Crippen molar-refractivity contribution in [1.82, 2.24) is 10.2 Å². The fourth-order valence-corrected chi connectivity index (χ4v) is 3.84. The molecular weight excluding hydrogens is 248 g/mol. The van der Waals surface area contributed by atoms with Gasteiger partial charge in [-0.05, 0) is 43.9 Å². The second-order valence-corrected chi connectivity index (χ2v) is 8.33. The van der Waals surface area contributed by atoms with Crippen molar-refractivity contribution in [1.29, 1.82) is 0 Å². The lowest BCUT2D eigenvalue weighted by molar-refractivity contribution is -0.00190. The van der Waals surface area contributed by atoms with Gasteiger partial charge in [0.1, 0.15) is 0 Å². The summed E-state index contributed by atoms with van der Waals surface area (Å²) in [5.41, 5.74) is 0.344. The third-order valence-electron chi connectivity index (χ3n) is 5.43. The Morgan fingerprint density at radius 2 is 1.90 bits per heavy atom. The van der Waals surface area contributed by atoms with Gasteiger partial charge in [0.2, 0.25) is 0 Å². The molecule has 0 amide bonds. The molecule has 0 aromatic carbocycles. The van der Waals surface area contributed by atoms with Crippen molar-refractivity contribution in [3.63, 3.8) is 0 Å². The van der Waals surface area contributed by atoms with Crippen molar-refractivity contribution < 1.29 is 4.74 Å². The van der Waals surface area contributed by atoms with Crippen LogP contribution in [0.15, 0.2) is 0 Å². The van der Waals surface area contributed by atoms with E-state index in [9.17, 15) is 0 Å². The number of hydrogen-bond acceptors (Lipinski definition) is 3. The predicted octanol–water partition coefficient (Wildman–Crippen LogP) is 2.65. The normalized spacial score (nSPS) is 40.2. The fraction of sp³-hybridized carbons (Fsp3) is 1.00. The number of piperazine rings is 1. The summed E-state index contributed by atoms with van der Waals surface area (Å²) in [7, 11) is 0. The molecule has 3 aliphatic rings. The zero-order valence-electron chi connectivity index (χ0n) is 13.7. The van der Waals surface area contributed by atoms with Crippen LogP contribution in [0.1, 0.15) is 53.4 Å². The average Bonchev–Trinajstić information content (AvgIpc) is 3.12. The minimum Gasteiger partial charge on any atom is -0.374 e. The van der Waals surface area contributed by atoms with Crippen molar-refractivity contribution in [3.05, 3.63) is 0 Å². The predicted molar refractivity (Wildman–Crippen MR) is 82.9 cm³/mol. The standard InChI is InChI=1S/C17H32N2O/c1-12-5-8-14(20-12)10-19-11-16(17(2,3)4)18-9-15(19)13-6-7-13/h12-16,18H,5-11H2,1-4H3. The zero-order valence-corrected chi connectivity index (χ0v) is 13.7. The SMILES string of the molecule is CC1CCC(CN2CC(C(C)(C)C)NCC2C2CC2)O1. The van der Waals surface area contributed by atoms with Gasteiger partial charge in [0, 0.05) is 31.7 Å². The lowest BCUT2D eigenvalue weighted by Crippen LogP contribution is -2.62. The Morgan fingerprint density at radius 1 is 1.15 bits per heavy atom. The molecule has 3 fully saturated rings. The highest BCUT2D eigenvalue weighted by molar-refractivity contribution is 4.98. The molecule has 0 spiro atoms. The molecule has 116 valence electrons. The first-order valence-corrected chi connectivity index (χ1v) is 8.56. The van der Waals surface area contributed by atoms with Gasteiger partial charge in [-0.3, -0.25) is 4.90 Å². The Balaban J connectivity index is 1.63. The monoisotopic (exact) mass is 280 g/mol. The topological polar surface area (TPSA) is 24.5 Å². The lowest BCUT2D eigenvalue weighted by Gasteiger charge is -2.46. The van der Waals surface area contributed by atoms with Crippen molar-refractivity contribution in [2.24, 2.45) is 11.3 Å². The van der Waals surface area contributed by atoms with Gasteiger partial charge in [-0.25, -0.2) is 0 Å². The van der Waals surface area contributed by atoms with E-state index in [-0.39, 0.29) is 0 Å². The molecule has 4 unspecified atom stereocenters. The quantitative estimate of drug-likeness (QED) is 0.860. The summed E-state index contributed by atoms with van der Waals surface area (Å²) in [5, 5.41) is 3.81. The van der Waals surface area contributed by atoms with E-state index < -0.39 is 0 Å². The maximum Gasteiger partial charge on any atom is 0.0706 e. The molecule has 1 N–H and O–H groups in total. The van der Waals surface area contributed by atoms with Crippen LogP contribution in [0.5, 0.6) is 0 Å². The summed E-state index contributed by atoms with van der Waals surface area (Å²) in [4.78, 5) is 2.76. The van der Waals surface area contributed by atoms with E-state index in [4.69, 9.17) is 4.74 Å². The maximum atomic E-state index is 6.07. The van der Waals surface area contributed by atoms with E-state index in [2.05, 4.69) is 37.9 Å². The fourth-order valence-electron chi connectivity index (χ4n) is 3.84. The van der Waals surface area contributed by atoms with Gasteiger partial charge in [0.05, 0.1) is 12.2 Å². The van der Waals surface area contributed by atoms with E-state index in [0.717, 1.165) is 18.5 Å². The van der Waals surface area contributed by atoms with Gasteiger partial charge in [-0.15, -0.1) is 0 Å². The number of rotatable bonds is 3. The van der Waals surface area contributed by atoms with Gasteiger partial charge in [0.15, 0.2) is 0 Å². The molecule has 0 bridgehead atoms. The summed E-state index contributed by atoms with van der Waals surface area (Å²) in [6.45, 7) is 12.8. The van der Waals surface area contributed by atoms with Crippen LogP contribution in [0.4, 0.5) is 0 Å². The van der Waals surface area contributed by atoms with E-state index in [1.54, 1.807) is 0 Å². The van der Waals surface area contributed by atoms with Crippen LogP contribution >= 0.6 is 0 Å². The Hall–Kier alpha value is -0.120. The zero-order chi connectivity index (χ0) is 14.3. The molecule has 1 saturated carbocycles. The average molecular weight is 280 g/mol. The van der Waals surface area contributed by atoms with Gasteiger partial charge in [0.25, 0.3) is 0 Å². The van der Waals surface area contributed by atoms with Crippen molar-refractivity contribution in [2.75, 3.05) is 19.6 Å². The number of ether oxygens (including phenoxy) is 1. The number of hydrogen-bond donors (Lipinski definition) is 1. The number of nitrogens with one attached hydrogen (secondary N) is 1. The molecule has 0 aromatic heterocycles. The van der Waals surface area contributed by atoms with Crippen LogP contribution in [0, 0.1) is 11.3 Å². The molecule has 2 heterocycles. The molecular formula is C17H32N2O. The second kappa shape index (κ2) is 5.58. The Labute approximate surface area is 124 Å². The van der Waals surface area contributed by atoms with Crippen molar-refractivity contribution >= 4 is 0 Å². The van der Waals surface area contributed by atoms with Crippen LogP contribution in [-0.4, -0.2) is 48.8 Å². The lowest BCUT2D eigenvalue weighted by atomic mass is 9.84. The molecule has 0 aromatic rings. The van der Waals surface area contributed by atoms with E-state index in [1.165, 1.54) is 38.8 Å². The number of nitrogens with zero attached hydrogens (tertiary/aromatic N) is 1. The van der Waals surface area contributed by atoms with E-state index in [1.807, 2.05) is 0 Å². The third kappa shape index (κ3) is 3.37. The summed E-state index contributed by atoms with van der Waals surface area (Å²) in [6.07, 6.45) is 6.32. The molecule has 4 atom stereocenters. The highest BCUT2D eigenvalue weighted by Crippen LogP contribution is 2.38. The van der Waals surface area contributed by atoms with E-state index in [0.29, 0.717) is 23.7 Å². The minimum atomic E-state index is 0.344. The third-order valence-corrected chi connectivity index (χ3v) is 5.43. The summed E-state index contributed by atoms with van der Waals surface area (Å²) in [5.74, 6) is 0.947. The van der Waals surface area contributed by atoms with Crippen LogP contribution in [-0.2, 0) is 4.74 Å². The molecule has 20 heavy (non-hydrogen) atoms. The highest BCUT2D eigenvalue weighted by Gasteiger charge is 2.42. The van der Waals surface area contributed by atoms with Crippen molar-refractivity contribution in [2.45, 2.75) is 77.7 Å². The molecule has 2 saturated heterocycles. The van der Waals surface area contributed by atoms with Gasteiger partial charge in [-0.2, -0.15) is 0 Å². The molecule has 2 aliphatic heterocycles. The smallest absolute Gasteiger partial charge is 0.0706 e. The minimum absolute atomic E-state index is 0.344. The van der Waals surface area contributed by atoms with Crippen LogP contribution in [0.2, 0.25) is 0 Å². The van der Waals surface area contributed by atoms with Crippen LogP contribution in [0.25, 0.3) is 0 Å². The van der Waals surface area contributed by atoms with Crippen molar-refractivity contribution in [3.8, 4) is 0 Å². The molecule has 3 nitrogen and oxygen atoms in total. The molecule has 3 rings (SSSR count). The first-order valence-electron chi connectivity index (χ1n) is 8.56. The first-order chi connectivity index (χ1) is 9.43. The molecule has 1 aliphatic carbocycles.